The fraction of sp³-hybridized carbons (Fsp3) is 0.415. The van der Waals surface area contributed by atoms with Gasteiger partial charge in [0.2, 0.25) is 0 Å². The monoisotopic (exact) mass is 565 g/mol. The third kappa shape index (κ3) is 34.9. The van der Waals surface area contributed by atoms with Crippen LogP contribution in [-0.4, -0.2) is 0 Å². The van der Waals surface area contributed by atoms with Crippen molar-refractivity contribution < 1.29 is 0 Å². The van der Waals surface area contributed by atoms with E-state index in [-0.39, 0.29) is 29.7 Å². The van der Waals surface area contributed by atoms with E-state index in [0.29, 0.717) is 0 Å². The predicted molar refractivity (Wildman–Crippen MR) is 200 cm³/mol. The summed E-state index contributed by atoms with van der Waals surface area (Å²) in [5.41, 5.74) is 9.39. The Balaban J connectivity index is -0.0000000687. The molecule has 0 heterocycles. The molecule has 0 nitrogen and oxygen atoms in total. The van der Waals surface area contributed by atoms with Crippen LogP contribution in [0.5, 0.6) is 0 Å². The summed E-state index contributed by atoms with van der Waals surface area (Å²) in [6.45, 7) is 26.7. The van der Waals surface area contributed by atoms with Gasteiger partial charge in [0.05, 0.1) is 0 Å². The molecule has 0 spiro atoms. The molecule has 0 bridgehead atoms. The van der Waals surface area contributed by atoms with Gasteiger partial charge in [-0.15, -0.1) is 0 Å². The van der Waals surface area contributed by atoms with E-state index in [1.165, 1.54) is 38.9 Å². The summed E-state index contributed by atoms with van der Waals surface area (Å²) in [6.07, 6.45) is 0. The minimum Gasteiger partial charge on any atom is -0.0776 e. The highest BCUT2D eigenvalue weighted by Crippen LogP contribution is 2.03. The maximum absolute atomic E-state index is 2.17. The van der Waals surface area contributed by atoms with Crippen LogP contribution in [0.15, 0.2) is 103 Å². The Labute approximate surface area is 261 Å². The van der Waals surface area contributed by atoms with Crippen LogP contribution in [0.2, 0.25) is 0 Å². The van der Waals surface area contributed by atoms with Crippen LogP contribution in [0.1, 0.15) is 110 Å². The first-order chi connectivity index (χ1) is 17.8. The van der Waals surface area contributed by atoms with Gasteiger partial charge in [0.15, 0.2) is 0 Å². The highest BCUT2D eigenvalue weighted by atomic mass is 13.9. The van der Waals surface area contributed by atoms with Crippen LogP contribution in [0.3, 0.4) is 0 Å². The largest absolute Gasteiger partial charge is 0.0776 e. The third-order valence-electron chi connectivity index (χ3n) is 4.76. The van der Waals surface area contributed by atoms with Gasteiger partial charge in [0, 0.05) is 0 Å². The summed E-state index contributed by atoms with van der Waals surface area (Å²) in [7, 11) is 0. The van der Waals surface area contributed by atoms with Crippen molar-refractivity contribution in [1.29, 1.82) is 0 Å². The van der Waals surface area contributed by atoms with E-state index in [9.17, 15) is 0 Å². The van der Waals surface area contributed by atoms with Crippen LogP contribution in [-0.2, 0) is 0 Å². The van der Waals surface area contributed by atoms with Gasteiger partial charge < -0.3 is 0 Å². The molecule has 0 aromatic heterocycles. The Morgan fingerprint density at radius 2 is 0.512 bits per heavy atom. The molecule has 0 aliphatic carbocycles. The minimum absolute atomic E-state index is 0. The molecule has 4 rings (SSSR count). The lowest BCUT2D eigenvalue weighted by Crippen LogP contribution is -1.74. The smallest absolute Gasteiger partial charge is 0.0395 e. The van der Waals surface area contributed by atoms with Crippen LogP contribution >= 0.6 is 0 Å². The summed E-state index contributed by atoms with van der Waals surface area (Å²) >= 11 is 0. The van der Waals surface area contributed by atoms with Crippen molar-refractivity contribution in [3.63, 3.8) is 0 Å². The molecule has 0 radical (unpaired) electrons. The molecule has 4 aromatic rings. The molecule has 0 aliphatic rings. The van der Waals surface area contributed by atoms with E-state index in [2.05, 4.69) is 133 Å². The van der Waals surface area contributed by atoms with Crippen LogP contribution in [0.25, 0.3) is 0 Å². The van der Waals surface area contributed by atoms with Gasteiger partial charge in [-0.1, -0.05) is 202 Å². The van der Waals surface area contributed by atoms with Gasteiger partial charge >= 0.3 is 0 Å². The fourth-order valence-electron chi connectivity index (χ4n) is 2.64. The van der Waals surface area contributed by atoms with Crippen molar-refractivity contribution in [2.75, 3.05) is 0 Å². The number of aryl methyl sites for hydroxylation is 7. The molecular weight excluding hydrogens is 492 g/mol. The van der Waals surface area contributed by atoms with E-state index < -0.39 is 0 Å². The molecule has 0 aliphatic heterocycles. The number of hydrogen-bond acceptors (Lipinski definition) is 0. The zero-order chi connectivity index (χ0) is 29.1. The molecule has 0 unspecified atom stereocenters. The lowest BCUT2D eigenvalue weighted by molar-refractivity contribution is 1.34. The zero-order valence-corrected chi connectivity index (χ0v) is 26.3. The molecule has 0 saturated carbocycles. The maximum Gasteiger partial charge on any atom is -0.0395 e. The molecule has 0 saturated heterocycles. The van der Waals surface area contributed by atoms with E-state index in [4.69, 9.17) is 0 Å². The second kappa shape index (κ2) is 39.0. The molecule has 0 atom stereocenters. The molecule has 236 valence electrons. The van der Waals surface area contributed by atoms with Crippen LogP contribution in [0, 0.1) is 48.5 Å². The average molecular weight is 565 g/mol. The molecule has 0 amide bonds. The molecule has 0 fully saturated rings. The standard InChI is InChI=1S/3C8H10.C7H8.3C2H6.4CH4/c1-7-3-5-8(2)6-4-7;1-7-4-3-5-8(2)6-7;1-7-5-3-4-6-8(7)2;1-7-5-3-2-4-6-7;3*1-2;;;;/h3*3-6H,1-2H3;2-6H,1H3;3*1-2H3;4*1H4. The maximum atomic E-state index is 2.17. The molecule has 0 heteroatoms. The van der Waals surface area contributed by atoms with Crippen molar-refractivity contribution >= 4 is 0 Å². The van der Waals surface area contributed by atoms with E-state index in [1.807, 2.05) is 59.7 Å². The van der Waals surface area contributed by atoms with Crippen molar-refractivity contribution in [2.45, 2.75) is 120 Å². The van der Waals surface area contributed by atoms with Crippen LogP contribution < -0.4 is 0 Å². The predicted octanol–water partition coefficient (Wildman–Crippen LogP) is 14.5. The second-order valence-electron chi connectivity index (χ2n) is 8.05. The normalized spacial score (nSPS) is 7.34. The highest BCUT2D eigenvalue weighted by molar-refractivity contribution is 5.23. The number of rotatable bonds is 0. The highest BCUT2D eigenvalue weighted by Gasteiger charge is 1.84. The van der Waals surface area contributed by atoms with E-state index in [0.717, 1.165) is 0 Å². The Morgan fingerprint density at radius 1 is 0.268 bits per heavy atom. The van der Waals surface area contributed by atoms with Crippen molar-refractivity contribution in [3.8, 4) is 0 Å². The Kier molecular flexibility index (Phi) is 51.4. The van der Waals surface area contributed by atoms with Crippen molar-refractivity contribution in [1.82, 2.24) is 0 Å². The Hall–Kier alpha value is -3.12. The average Bonchev–Trinajstić information content (AvgIpc) is 2.92. The summed E-state index contributed by atoms with van der Waals surface area (Å²) < 4.78 is 0. The first-order valence-corrected chi connectivity index (χ1v) is 13.9. The van der Waals surface area contributed by atoms with Crippen molar-refractivity contribution in [2.24, 2.45) is 0 Å². The first kappa shape index (κ1) is 54.0. The van der Waals surface area contributed by atoms with Gasteiger partial charge in [-0.05, 0) is 59.6 Å². The molecule has 0 N–H and O–H groups in total. The fourth-order valence-corrected chi connectivity index (χ4v) is 2.64. The van der Waals surface area contributed by atoms with Gasteiger partial charge in [0.1, 0.15) is 0 Å². The number of benzene rings is 4. The zero-order valence-electron chi connectivity index (χ0n) is 26.3. The quantitative estimate of drug-likeness (QED) is 0.199. The Bertz CT molecular complexity index is 920. The third-order valence-corrected chi connectivity index (χ3v) is 4.76. The Morgan fingerprint density at radius 3 is 0.707 bits per heavy atom. The van der Waals surface area contributed by atoms with Gasteiger partial charge in [0.25, 0.3) is 0 Å². The van der Waals surface area contributed by atoms with Gasteiger partial charge in [-0.3, -0.25) is 0 Å². The van der Waals surface area contributed by atoms with Crippen molar-refractivity contribution in [3.05, 3.63) is 142 Å². The summed E-state index contributed by atoms with van der Waals surface area (Å²) in [4.78, 5) is 0. The second-order valence-corrected chi connectivity index (χ2v) is 8.05. The van der Waals surface area contributed by atoms with Gasteiger partial charge in [-0.25, -0.2) is 0 Å². The lowest BCUT2D eigenvalue weighted by atomic mass is 10.1. The molecule has 41 heavy (non-hydrogen) atoms. The summed E-state index contributed by atoms with van der Waals surface area (Å²) in [6, 6.07) is 35.5. The minimum atomic E-state index is 0. The number of hydrogen-bond donors (Lipinski definition) is 0. The first-order valence-electron chi connectivity index (χ1n) is 13.9. The SMILES string of the molecule is C.C.C.C.CC.CC.CC.Cc1ccc(C)cc1.Cc1cccc(C)c1.Cc1ccccc1.Cc1ccccc1C. The molecular formula is C41H72. The lowest BCUT2D eigenvalue weighted by Gasteiger charge is -1.93. The summed E-state index contributed by atoms with van der Waals surface area (Å²) in [5, 5.41) is 0. The van der Waals surface area contributed by atoms with Crippen LogP contribution in [0.4, 0.5) is 0 Å². The van der Waals surface area contributed by atoms with E-state index >= 15 is 0 Å². The summed E-state index contributed by atoms with van der Waals surface area (Å²) in [5.74, 6) is 0. The van der Waals surface area contributed by atoms with E-state index in [1.54, 1.807) is 0 Å². The molecule has 4 aromatic carbocycles. The topological polar surface area (TPSA) is 0 Å². The van der Waals surface area contributed by atoms with Gasteiger partial charge in [-0.2, -0.15) is 0 Å².